The summed E-state index contributed by atoms with van der Waals surface area (Å²) in [7, 11) is 0. The van der Waals surface area contributed by atoms with E-state index in [0.717, 1.165) is 17.8 Å². The largest absolute Gasteiger partial charge is 0.382 e. The van der Waals surface area contributed by atoms with Crippen LogP contribution in [0.15, 0.2) is 24.3 Å². The van der Waals surface area contributed by atoms with Crippen LogP contribution in [0.1, 0.15) is 37.0 Å². The molecule has 0 bridgehead atoms. The van der Waals surface area contributed by atoms with Gasteiger partial charge < -0.3 is 10.6 Å². The normalized spacial score (nSPS) is 16.1. The Bertz CT molecular complexity index is 442. The number of amides is 1. The molecule has 4 heteroatoms. The molecule has 1 aromatic rings. The number of thioether (sulfide) groups is 1. The van der Waals surface area contributed by atoms with E-state index in [9.17, 15) is 4.79 Å². The summed E-state index contributed by atoms with van der Waals surface area (Å²) in [5.41, 5.74) is 1.66. The maximum absolute atomic E-state index is 12.3. The molecule has 2 rings (SSSR count). The highest BCUT2D eigenvalue weighted by Crippen LogP contribution is 2.22. The van der Waals surface area contributed by atoms with Crippen LogP contribution in [0.3, 0.4) is 0 Å². The number of benzene rings is 1. The number of anilines is 1. The van der Waals surface area contributed by atoms with Crippen LogP contribution >= 0.6 is 11.8 Å². The zero-order chi connectivity index (χ0) is 14.4. The topological polar surface area (TPSA) is 41.1 Å². The van der Waals surface area contributed by atoms with E-state index in [4.69, 9.17) is 0 Å². The standard InChI is InChI=1S/C16H24N2OS/c1-12(2)18-15-6-4-3-5-14(15)16(19)17-11-13-7-9-20-10-8-13/h3-6,12-13,18H,7-11H2,1-2H3,(H,17,19). The highest BCUT2D eigenvalue weighted by Gasteiger charge is 2.16. The van der Waals surface area contributed by atoms with Crippen molar-refractivity contribution in [2.45, 2.75) is 32.7 Å². The lowest BCUT2D eigenvalue weighted by Crippen LogP contribution is -2.31. The lowest BCUT2D eigenvalue weighted by molar-refractivity contribution is 0.0947. The molecule has 1 aromatic carbocycles. The van der Waals surface area contributed by atoms with Gasteiger partial charge in [0.15, 0.2) is 0 Å². The van der Waals surface area contributed by atoms with Crippen molar-refractivity contribution in [2.24, 2.45) is 5.92 Å². The van der Waals surface area contributed by atoms with Crippen molar-refractivity contribution in [2.75, 3.05) is 23.4 Å². The summed E-state index contributed by atoms with van der Waals surface area (Å²) < 4.78 is 0. The second kappa shape index (κ2) is 7.58. The van der Waals surface area contributed by atoms with Gasteiger partial charge in [0.25, 0.3) is 5.91 Å². The summed E-state index contributed by atoms with van der Waals surface area (Å²) >= 11 is 2.02. The Morgan fingerprint density at radius 3 is 2.70 bits per heavy atom. The monoisotopic (exact) mass is 292 g/mol. The Labute approximate surface area is 125 Å². The molecule has 0 saturated carbocycles. The van der Waals surface area contributed by atoms with Gasteiger partial charge in [0, 0.05) is 18.3 Å². The van der Waals surface area contributed by atoms with E-state index in [1.54, 1.807) is 0 Å². The predicted octanol–water partition coefficient (Wildman–Crippen LogP) is 3.38. The van der Waals surface area contributed by atoms with E-state index >= 15 is 0 Å². The summed E-state index contributed by atoms with van der Waals surface area (Å²) in [6.45, 7) is 4.96. The first-order valence-corrected chi connectivity index (χ1v) is 8.54. The minimum Gasteiger partial charge on any atom is -0.382 e. The van der Waals surface area contributed by atoms with Crippen LogP contribution in [0.2, 0.25) is 0 Å². The molecule has 1 fully saturated rings. The molecule has 110 valence electrons. The van der Waals surface area contributed by atoms with Gasteiger partial charge in [-0.15, -0.1) is 0 Å². The Hall–Kier alpha value is -1.16. The third-order valence-corrected chi connectivity index (χ3v) is 4.56. The van der Waals surface area contributed by atoms with E-state index in [-0.39, 0.29) is 5.91 Å². The van der Waals surface area contributed by atoms with E-state index in [1.807, 2.05) is 36.0 Å². The molecule has 3 nitrogen and oxygen atoms in total. The van der Waals surface area contributed by atoms with Crippen molar-refractivity contribution in [3.63, 3.8) is 0 Å². The molecule has 1 saturated heterocycles. The fourth-order valence-corrected chi connectivity index (χ4v) is 3.60. The minimum atomic E-state index is 0.0342. The maximum Gasteiger partial charge on any atom is 0.253 e. The number of nitrogens with one attached hydrogen (secondary N) is 2. The molecule has 2 N–H and O–H groups in total. The summed E-state index contributed by atoms with van der Waals surface area (Å²) in [6, 6.07) is 8.04. The lowest BCUT2D eigenvalue weighted by Gasteiger charge is -2.22. The minimum absolute atomic E-state index is 0.0342. The van der Waals surface area contributed by atoms with Gasteiger partial charge in [0.05, 0.1) is 5.56 Å². The third-order valence-electron chi connectivity index (χ3n) is 3.51. The van der Waals surface area contributed by atoms with Crippen molar-refractivity contribution in [3.8, 4) is 0 Å². The van der Waals surface area contributed by atoms with Crippen molar-refractivity contribution in [1.29, 1.82) is 0 Å². The molecule has 1 aliphatic rings. The van der Waals surface area contributed by atoms with Crippen LogP contribution in [-0.2, 0) is 0 Å². The quantitative estimate of drug-likeness (QED) is 0.874. The molecular formula is C16H24N2OS. The highest BCUT2D eigenvalue weighted by molar-refractivity contribution is 7.99. The van der Waals surface area contributed by atoms with Gasteiger partial charge in [-0.2, -0.15) is 11.8 Å². The summed E-state index contributed by atoms with van der Waals surface area (Å²) in [5.74, 6) is 3.13. The number of carbonyl (C=O) groups excluding carboxylic acids is 1. The van der Waals surface area contributed by atoms with Crippen LogP contribution in [0.4, 0.5) is 5.69 Å². The Kier molecular flexibility index (Phi) is 5.77. The van der Waals surface area contributed by atoms with Gasteiger partial charge in [-0.25, -0.2) is 0 Å². The molecule has 1 heterocycles. The summed E-state index contributed by atoms with van der Waals surface area (Å²) in [6.07, 6.45) is 2.44. The van der Waals surface area contributed by atoms with Crippen molar-refractivity contribution in [1.82, 2.24) is 5.32 Å². The van der Waals surface area contributed by atoms with Crippen LogP contribution in [0, 0.1) is 5.92 Å². The maximum atomic E-state index is 12.3. The smallest absolute Gasteiger partial charge is 0.253 e. The molecule has 0 unspecified atom stereocenters. The second-order valence-electron chi connectivity index (χ2n) is 5.61. The van der Waals surface area contributed by atoms with Crippen LogP contribution in [0.5, 0.6) is 0 Å². The van der Waals surface area contributed by atoms with Gasteiger partial charge in [0.2, 0.25) is 0 Å². The zero-order valence-corrected chi connectivity index (χ0v) is 13.1. The predicted molar refractivity (Wildman–Crippen MR) is 87.6 cm³/mol. The Morgan fingerprint density at radius 1 is 1.30 bits per heavy atom. The van der Waals surface area contributed by atoms with Crippen LogP contribution < -0.4 is 10.6 Å². The molecule has 1 amide bonds. The highest BCUT2D eigenvalue weighted by atomic mass is 32.2. The number of hydrogen-bond donors (Lipinski definition) is 2. The third kappa shape index (κ3) is 4.44. The fourth-order valence-electron chi connectivity index (χ4n) is 2.40. The van der Waals surface area contributed by atoms with Gasteiger partial charge >= 0.3 is 0 Å². The molecule has 0 radical (unpaired) electrons. The Morgan fingerprint density at radius 2 is 2.00 bits per heavy atom. The first-order valence-electron chi connectivity index (χ1n) is 7.38. The van der Waals surface area contributed by atoms with Crippen molar-refractivity contribution >= 4 is 23.4 Å². The van der Waals surface area contributed by atoms with E-state index < -0.39 is 0 Å². The first kappa shape index (κ1) is 15.2. The number of carbonyl (C=O) groups is 1. The molecule has 1 aliphatic heterocycles. The Balaban J connectivity index is 1.94. The molecule has 0 aromatic heterocycles. The van der Waals surface area contributed by atoms with Crippen LogP contribution in [0.25, 0.3) is 0 Å². The zero-order valence-electron chi connectivity index (χ0n) is 12.3. The molecule has 0 aliphatic carbocycles. The van der Waals surface area contributed by atoms with Crippen molar-refractivity contribution < 1.29 is 4.79 Å². The number of para-hydroxylation sites is 1. The average Bonchev–Trinajstić information content (AvgIpc) is 2.46. The fraction of sp³-hybridized carbons (Fsp3) is 0.562. The van der Waals surface area contributed by atoms with Gasteiger partial charge in [0.1, 0.15) is 0 Å². The summed E-state index contributed by atoms with van der Waals surface area (Å²) in [4.78, 5) is 12.3. The second-order valence-corrected chi connectivity index (χ2v) is 6.84. The number of rotatable bonds is 5. The summed E-state index contributed by atoms with van der Waals surface area (Å²) in [5, 5.41) is 6.42. The van der Waals surface area contributed by atoms with E-state index in [1.165, 1.54) is 24.3 Å². The average molecular weight is 292 g/mol. The first-order chi connectivity index (χ1) is 9.66. The van der Waals surface area contributed by atoms with Gasteiger partial charge in [-0.05, 0) is 56.2 Å². The van der Waals surface area contributed by atoms with Crippen molar-refractivity contribution in [3.05, 3.63) is 29.8 Å². The lowest BCUT2D eigenvalue weighted by atomic mass is 10.0. The number of hydrogen-bond acceptors (Lipinski definition) is 3. The van der Waals surface area contributed by atoms with Gasteiger partial charge in [-0.1, -0.05) is 12.1 Å². The van der Waals surface area contributed by atoms with E-state index in [2.05, 4.69) is 24.5 Å². The molecule has 0 spiro atoms. The molecule has 0 atom stereocenters. The molecular weight excluding hydrogens is 268 g/mol. The van der Waals surface area contributed by atoms with Crippen LogP contribution in [-0.4, -0.2) is 30.0 Å². The van der Waals surface area contributed by atoms with Gasteiger partial charge in [-0.3, -0.25) is 4.79 Å². The SMILES string of the molecule is CC(C)Nc1ccccc1C(=O)NCC1CCSCC1. The molecule has 20 heavy (non-hydrogen) atoms. The van der Waals surface area contributed by atoms with E-state index in [0.29, 0.717) is 12.0 Å².